The number of aliphatic imine (C=N–C) groups is 1. The van der Waals surface area contributed by atoms with E-state index in [0.29, 0.717) is 19.0 Å². The van der Waals surface area contributed by atoms with Gasteiger partial charge >= 0.3 is 6.18 Å². The van der Waals surface area contributed by atoms with Crippen LogP contribution < -0.4 is 10.6 Å². The number of rotatable bonds is 6. The van der Waals surface area contributed by atoms with Crippen LogP contribution in [0.3, 0.4) is 0 Å². The number of alkyl halides is 3. The molecule has 7 nitrogen and oxygen atoms in total. The van der Waals surface area contributed by atoms with Gasteiger partial charge in [-0.3, -0.25) is 9.58 Å². The van der Waals surface area contributed by atoms with Gasteiger partial charge in [-0.25, -0.2) is 4.99 Å². The second kappa shape index (κ2) is 10.9. The van der Waals surface area contributed by atoms with Gasteiger partial charge in [0.25, 0.3) is 0 Å². The van der Waals surface area contributed by atoms with Gasteiger partial charge in [-0.05, 0) is 6.92 Å². The highest BCUT2D eigenvalue weighted by atomic mass is 127. The van der Waals surface area contributed by atoms with Gasteiger partial charge in [0, 0.05) is 51.5 Å². The Labute approximate surface area is 168 Å². The fourth-order valence-corrected chi connectivity index (χ4v) is 2.56. The van der Waals surface area contributed by atoms with E-state index in [9.17, 15) is 13.2 Å². The topological polar surface area (TPSA) is 66.7 Å². The predicted molar refractivity (Wildman–Crippen MR) is 104 cm³/mol. The zero-order valence-electron chi connectivity index (χ0n) is 15.0. The third-order valence-corrected chi connectivity index (χ3v) is 3.75. The minimum absolute atomic E-state index is 0. The maximum absolute atomic E-state index is 13.0. The molecule has 26 heavy (non-hydrogen) atoms. The molecule has 150 valence electrons. The van der Waals surface area contributed by atoms with Crippen molar-refractivity contribution in [2.24, 2.45) is 12.0 Å². The van der Waals surface area contributed by atoms with Gasteiger partial charge < -0.3 is 15.4 Å². The molecular weight excluding hydrogens is 464 g/mol. The zero-order chi connectivity index (χ0) is 18.3. The van der Waals surface area contributed by atoms with Crippen LogP contribution in [0.4, 0.5) is 13.2 Å². The molecule has 1 aliphatic heterocycles. The number of ether oxygens (including phenoxy) is 1. The summed E-state index contributed by atoms with van der Waals surface area (Å²) in [6, 6.07) is 0. The third kappa shape index (κ3) is 7.27. The third-order valence-electron chi connectivity index (χ3n) is 3.75. The predicted octanol–water partition coefficient (Wildman–Crippen LogP) is 1.44. The minimum Gasteiger partial charge on any atom is -0.379 e. The van der Waals surface area contributed by atoms with E-state index in [4.69, 9.17) is 4.74 Å². The molecule has 0 radical (unpaired) electrons. The van der Waals surface area contributed by atoms with Crippen molar-refractivity contribution in [2.75, 3.05) is 45.9 Å². The van der Waals surface area contributed by atoms with E-state index in [1.54, 1.807) is 0 Å². The van der Waals surface area contributed by atoms with Crippen LogP contribution in [-0.4, -0.2) is 66.6 Å². The molecule has 0 unspecified atom stereocenters. The minimum atomic E-state index is -4.48. The van der Waals surface area contributed by atoms with Crippen molar-refractivity contribution in [3.63, 3.8) is 0 Å². The van der Waals surface area contributed by atoms with Crippen LogP contribution in [-0.2, 0) is 24.5 Å². The summed E-state index contributed by atoms with van der Waals surface area (Å²) in [4.78, 5) is 6.52. The largest absolute Gasteiger partial charge is 0.435 e. The Bertz CT molecular complexity index is 572. The van der Waals surface area contributed by atoms with Crippen molar-refractivity contribution in [2.45, 2.75) is 19.6 Å². The molecule has 0 aliphatic carbocycles. The summed E-state index contributed by atoms with van der Waals surface area (Å²) in [6.45, 7) is 7.17. The second-order valence-electron chi connectivity index (χ2n) is 5.75. The van der Waals surface area contributed by atoms with Gasteiger partial charge in [0.15, 0.2) is 11.7 Å². The van der Waals surface area contributed by atoms with Crippen LogP contribution in [0.25, 0.3) is 0 Å². The Morgan fingerprint density at radius 3 is 2.62 bits per heavy atom. The summed E-state index contributed by atoms with van der Waals surface area (Å²) in [5.74, 6) is 0.493. The Balaban J connectivity index is 0.00000338. The lowest BCUT2D eigenvalue weighted by molar-refractivity contribution is -0.142. The highest BCUT2D eigenvalue weighted by molar-refractivity contribution is 14.0. The monoisotopic (exact) mass is 490 g/mol. The number of hydrogen-bond donors (Lipinski definition) is 2. The Morgan fingerprint density at radius 2 is 2.00 bits per heavy atom. The molecular formula is C15H26F3IN6O. The first kappa shape index (κ1) is 23.0. The molecule has 0 aromatic carbocycles. The molecule has 0 amide bonds. The van der Waals surface area contributed by atoms with Crippen molar-refractivity contribution >= 4 is 29.9 Å². The molecule has 0 spiro atoms. The van der Waals surface area contributed by atoms with Gasteiger partial charge in [0.2, 0.25) is 0 Å². The number of guanidine groups is 1. The van der Waals surface area contributed by atoms with E-state index in [1.165, 1.54) is 13.2 Å². The van der Waals surface area contributed by atoms with E-state index >= 15 is 0 Å². The average molecular weight is 490 g/mol. The van der Waals surface area contributed by atoms with Crippen LogP contribution in [0.2, 0.25) is 0 Å². The molecule has 2 heterocycles. The molecule has 2 N–H and O–H groups in total. The highest BCUT2D eigenvalue weighted by Gasteiger charge is 2.36. The molecule has 1 aromatic heterocycles. The van der Waals surface area contributed by atoms with Gasteiger partial charge in [-0.2, -0.15) is 18.3 Å². The van der Waals surface area contributed by atoms with Gasteiger partial charge in [-0.15, -0.1) is 24.0 Å². The number of aryl methyl sites for hydroxylation is 1. The van der Waals surface area contributed by atoms with E-state index in [1.807, 2.05) is 6.92 Å². The SMILES string of the molecule is CCNC(=NCc1cn(C)nc1C(F)(F)F)NCCN1CCOCC1.I. The Hall–Kier alpha value is -1.08. The first-order valence-electron chi connectivity index (χ1n) is 8.32. The standard InChI is InChI=1S/C15H25F3N6O.HI/c1-3-19-14(20-4-5-24-6-8-25-9-7-24)21-10-12-11-23(2)22-13(12)15(16,17)18;/h11H,3-10H2,1-2H3,(H2,19,20,21);1H. The van der Waals surface area contributed by atoms with Crippen LogP contribution >= 0.6 is 24.0 Å². The lowest BCUT2D eigenvalue weighted by Crippen LogP contribution is -2.44. The zero-order valence-corrected chi connectivity index (χ0v) is 17.3. The van der Waals surface area contributed by atoms with Crippen molar-refractivity contribution in [1.29, 1.82) is 0 Å². The number of aromatic nitrogens is 2. The quantitative estimate of drug-likeness (QED) is 0.359. The van der Waals surface area contributed by atoms with E-state index in [2.05, 4.69) is 25.6 Å². The van der Waals surface area contributed by atoms with Gasteiger partial charge in [-0.1, -0.05) is 0 Å². The summed E-state index contributed by atoms with van der Waals surface area (Å²) in [7, 11) is 1.47. The number of nitrogens with one attached hydrogen (secondary N) is 2. The number of morpholine rings is 1. The van der Waals surface area contributed by atoms with Crippen molar-refractivity contribution < 1.29 is 17.9 Å². The fourth-order valence-electron chi connectivity index (χ4n) is 2.56. The van der Waals surface area contributed by atoms with Crippen LogP contribution in [0.15, 0.2) is 11.2 Å². The second-order valence-corrected chi connectivity index (χ2v) is 5.75. The summed E-state index contributed by atoms with van der Waals surface area (Å²) in [5.41, 5.74) is -0.830. The molecule has 11 heteroatoms. The Kier molecular flexibility index (Phi) is 9.64. The Morgan fingerprint density at radius 1 is 1.31 bits per heavy atom. The molecule has 0 saturated carbocycles. The van der Waals surface area contributed by atoms with Crippen molar-refractivity contribution in [3.8, 4) is 0 Å². The van der Waals surface area contributed by atoms with Crippen LogP contribution in [0, 0.1) is 0 Å². The lowest BCUT2D eigenvalue weighted by atomic mass is 10.2. The first-order valence-corrected chi connectivity index (χ1v) is 8.32. The molecule has 1 saturated heterocycles. The number of halogens is 4. The molecule has 1 aromatic rings. The van der Waals surface area contributed by atoms with Crippen molar-refractivity contribution in [3.05, 3.63) is 17.5 Å². The molecule has 0 atom stereocenters. The normalized spacial score (nSPS) is 16.3. The summed E-state index contributed by atoms with van der Waals surface area (Å²) in [6.07, 6.45) is -3.13. The maximum Gasteiger partial charge on any atom is 0.435 e. The molecule has 2 rings (SSSR count). The summed E-state index contributed by atoms with van der Waals surface area (Å²) < 4.78 is 45.4. The fraction of sp³-hybridized carbons (Fsp3) is 0.733. The van der Waals surface area contributed by atoms with Crippen molar-refractivity contribution in [1.82, 2.24) is 25.3 Å². The van der Waals surface area contributed by atoms with Gasteiger partial charge in [0.05, 0.1) is 19.8 Å². The van der Waals surface area contributed by atoms with Crippen LogP contribution in [0.1, 0.15) is 18.2 Å². The smallest absolute Gasteiger partial charge is 0.379 e. The maximum atomic E-state index is 13.0. The van der Waals surface area contributed by atoms with E-state index < -0.39 is 11.9 Å². The van der Waals surface area contributed by atoms with E-state index in [0.717, 1.165) is 37.5 Å². The molecule has 1 fully saturated rings. The van der Waals surface area contributed by atoms with Gasteiger partial charge in [0.1, 0.15) is 0 Å². The molecule has 1 aliphatic rings. The summed E-state index contributed by atoms with van der Waals surface area (Å²) in [5, 5.41) is 9.69. The highest BCUT2D eigenvalue weighted by Crippen LogP contribution is 2.30. The average Bonchev–Trinajstić information content (AvgIpc) is 2.95. The van der Waals surface area contributed by atoms with E-state index in [-0.39, 0.29) is 36.1 Å². The summed E-state index contributed by atoms with van der Waals surface area (Å²) >= 11 is 0. The number of nitrogens with zero attached hydrogens (tertiary/aromatic N) is 4. The molecule has 0 bridgehead atoms. The first-order chi connectivity index (χ1) is 11.9. The van der Waals surface area contributed by atoms with Crippen LogP contribution in [0.5, 0.6) is 0 Å². The lowest BCUT2D eigenvalue weighted by Gasteiger charge is -2.26. The number of hydrogen-bond acceptors (Lipinski definition) is 4.